The summed E-state index contributed by atoms with van der Waals surface area (Å²) in [5.41, 5.74) is 3.38. The van der Waals surface area contributed by atoms with Crippen molar-refractivity contribution in [2.45, 2.75) is 52.9 Å². The van der Waals surface area contributed by atoms with E-state index >= 15 is 0 Å². The van der Waals surface area contributed by atoms with E-state index in [1.165, 1.54) is 0 Å². The first-order chi connectivity index (χ1) is 8.28. The Kier molecular flexibility index (Phi) is 3.18. The van der Waals surface area contributed by atoms with Crippen LogP contribution in [0.25, 0.3) is 0 Å². The Bertz CT molecular complexity index is 482. The normalized spacial score (nSPS) is 15.8. The Balaban J connectivity index is 2.43. The van der Waals surface area contributed by atoms with E-state index in [4.69, 9.17) is 0 Å². The maximum atomic E-state index is 11.3. The Hall–Kier alpha value is -1.38. The summed E-state index contributed by atoms with van der Waals surface area (Å²) in [6.45, 7) is 8.45. The van der Waals surface area contributed by atoms with Crippen LogP contribution in [0.15, 0.2) is 6.07 Å². The summed E-state index contributed by atoms with van der Waals surface area (Å²) in [5.74, 6) is -0.474. The average molecular weight is 247 g/mol. The molecule has 0 bridgehead atoms. The minimum absolute atomic E-state index is 0.142. The van der Waals surface area contributed by atoms with Gasteiger partial charge in [-0.25, -0.2) is 4.79 Å². The van der Waals surface area contributed by atoms with E-state index in [9.17, 15) is 9.90 Å². The molecule has 1 aromatic heterocycles. The molecule has 0 aliphatic heterocycles. The lowest BCUT2D eigenvalue weighted by Gasteiger charge is -2.20. The molecule has 1 aromatic rings. The Morgan fingerprint density at radius 3 is 2.50 bits per heavy atom. The van der Waals surface area contributed by atoms with Crippen LogP contribution in [0.3, 0.4) is 0 Å². The smallest absolute Gasteiger partial charge is 0.337 e. The zero-order chi connectivity index (χ0) is 13.5. The minimum Gasteiger partial charge on any atom is -0.478 e. The van der Waals surface area contributed by atoms with Crippen molar-refractivity contribution in [3.05, 3.63) is 28.6 Å². The van der Waals surface area contributed by atoms with E-state index in [0.29, 0.717) is 11.5 Å². The molecule has 0 spiro atoms. The van der Waals surface area contributed by atoms with E-state index in [1.54, 1.807) is 0 Å². The largest absolute Gasteiger partial charge is 0.478 e. The minimum atomic E-state index is -0.848. The Morgan fingerprint density at radius 1 is 1.44 bits per heavy atom. The van der Waals surface area contributed by atoms with Crippen molar-refractivity contribution >= 4 is 5.97 Å². The number of carboxylic acids is 1. The molecule has 1 N–H and O–H groups in total. The number of aromatic nitrogens is 1. The van der Waals surface area contributed by atoms with Crippen LogP contribution in [0.1, 0.15) is 66.8 Å². The van der Waals surface area contributed by atoms with Gasteiger partial charge in [-0.15, -0.1) is 0 Å². The second kappa shape index (κ2) is 4.38. The monoisotopic (exact) mass is 247 g/mol. The van der Waals surface area contributed by atoms with Gasteiger partial charge in [-0.2, -0.15) is 0 Å². The van der Waals surface area contributed by atoms with Gasteiger partial charge in [0, 0.05) is 11.6 Å². The molecule has 0 atom stereocenters. The van der Waals surface area contributed by atoms with Crippen molar-refractivity contribution in [3.8, 4) is 0 Å². The Morgan fingerprint density at radius 2 is 2.06 bits per heavy atom. The van der Waals surface area contributed by atoms with E-state index in [1.807, 2.05) is 13.0 Å². The molecule has 1 aliphatic rings. The molecular formula is C15H21NO2. The van der Waals surface area contributed by atoms with Gasteiger partial charge in [-0.05, 0) is 43.2 Å². The van der Waals surface area contributed by atoms with Crippen molar-refractivity contribution < 1.29 is 9.90 Å². The van der Waals surface area contributed by atoms with Crippen LogP contribution >= 0.6 is 0 Å². The Labute approximate surface area is 108 Å². The molecular weight excluding hydrogens is 226 g/mol. The molecule has 0 unspecified atom stereocenters. The number of nitrogens with zero attached hydrogens (tertiary/aromatic N) is 1. The van der Waals surface area contributed by atoms with Gasteiger partial charge in [0.1, 0.15) is 0 Å². The topological polar surface area (TPSA) is 50.2 Å². The van der Waals surface area contributed by atoms with E-state index in [-0.39, 0.29) is 5.41 Å². The predicted octanol–water partition coefficient (Wildman–Crippen LogP) is 3.55. The van der Waals surface area contributed by atoms with Gasteiger partial charge in [0.15, 0.2) is 0 Å². The van der Waals surface area contributed by atoms with Crippen LogP contribution in [0.5, 0.6) is 0 Å². The number of rotatable bonds is 3. The highest BCUT2D eigenvalue weighted by molar-refractivity contribution is 5.89. The van der Waals surface area contributed by atoms with Crippen molar-refractivity contribution in [2.75, 3.05) is 0 Å². The first-order valence-electron chi connectivity index (χ1n) is 6.51. The van der Waals surface area contributed by atoms with Gasteiger partial charge in [0.25, 0.3) is 0 Å². The molecule has 18 heavy (non-hydrogen) atoms. The number of aryl methyl sites for hydroxylation is 1. The standard InChI is InChI=1S/C15H21NO2/c1-9-11(8-15(2,3)4)7-12(14(17)18)13(16-9)10-5-6-10/h7,10H,5-6,8H2,1-4H3,(H,17,18). The molecule has 3 heteroatoms. The van der Waals surface area contributed by atoms with E-state index in [0.717, 1.165) is 36.2 Å². The second-order valence-corrected chi connectivity index (χ2v) is 6.48. The van der Waals surface area contributed by atoms with Gasteiger partial charge >= 0.3 is 5.97 Å². The lowest BCUT2D eigenvalue weighted by molar-refractivity contribution is 0.0694. The third-order valence-electron chi connectivity index (χ3n) is 3.26. The van der Waals surface area contributed by atoms with Gasteiger partial charge in [0.2, 0.25) is 0 Å². The second-order valence-electron chi connectivity index (χ2n) is 6.48. The molecule has 0 amide bonds. The first kappa shape index (κ1) is 13.1. The SMILES string of the molecule is Cc1nc(C2CC2)c(C(=O)O)cc1CC(C)(C)C. The van der Waals surface area contributed by atoms with Crippen molar-refractivity contribution in [1.82, 2.24) is 4.98 Å². The van der Waals surface area contributed by atoms with Crippen LogP contribution in [0, 0.1) is 12.3 Å². The molecule has 98 valence electrons. The maximum Gasteiger partial charge on any atom is 0.337 e. The van der Waals surface area contributed by atoms with Crippen LogP contribution in [-0.4, -0.2) is 16.1 Å². The summed E-state index contributed by atoms with van der Waals surface area (Å²) in [4.78, 5) is 15.9. The summed E-state index contributed by atoms with van der Waals surface area (Å²) in [6.07, 6.45) is 3.01. The van der Waals surface area contributed by atoms with Gasteiger partial charge < -0.3 is 5.11 Å². The summed E-state index contributed by atoms with van der Waals surface area (Å²) in [5, 5.41) is 9.32. The average Bonchev–Trinajstić information content (AvgIpc) is 3.01. The number of carboxylic acid groups (broad SMARTS) is 1. The van der Waals surface area contributed by atoms with Crippen LogP contribution in [-0.2, 0) is 6.42 Å². The zero-order valence-electron chi connectivity index (χ0n) is 11.6. The van der Waals surface area contributed by atoms with Crippen molar-refractivity contribution in [2.24, 2.45) is 5.41 Å². The molecule has 3 nitrogen and oxygen atoms in total. The van der Waals surface area contributed by atoms with Crippen LogP contribution < -0.4 is 0 Å². The third-order valence-corrected chi connectivity index (χ3v) is 3.26. The summed E-state index contributed by atoms with van der Waals surface area (Å²) in [6, 6.07) is 1.84. The molecule has 2 rings (SSSR count). The highest BCUT2D eigenvalue weighted by atomic mass is 16.4. The quantitative estimate of drug-likeness (QED) is 0.888. The van der Waals surface area contributed by atoms with Gasteiger partial charge in [-0.1, -0.05) is 20.8 Å². The van der Waals surface area contributed by atoms with Gasteiger partial charge in [-0.3, -0.25) is 4.98 Å². The van der Waals surface area contributed by atoms with Crippen molar-refractivity contribution in [3.63, 3.8) is 0 Å². The number of pyridine rings is 1. The highest BCUT2D eigenvalue weighted by Crippen LogP contribution is 2.41. The third kappa shape index (κ3) is 2.89. The highest BCUT2D eigenvalue weighted by Gasteiger charge is 2.30. The number of aromatic carboxylic acids is 1. The van der Waals surface area contributed by atoms with Crippen LogP contribution in [0.4, 0.5) is 0 Å². The lowest BCUT2D eigenvalue weighted by Crippen LogP contribution is -2.14. The maximum absolute atomic E-state index is 11.3. The van der Waals surface area contributed by atoms with Crippen molar-refractivity contribution in [1.29, 1.82) is 0 Å². The van der Waals surface area contributed by atoms with Gasteiger partial charge in [0.05, 0.1) is 11.3 Å². The van der Waals surface area contributed by atoms with E-state index < -0.39 is 5.97 Å². The molecule has 1 fully saturated rings. The summed E-state index contributed by atoms with van der Waals surface area (Å²) in [7, 11) is 0. The molecule has 1 heterocycles. The summed E-state index contributed by atoms with van der Waals surface area (Å²) >= 11 is 0. The summed E-state index contributed by atoms with van der Waals surface area (Å²) < 4.78 is 0. The molecule has 0 aromatic carbocycles. The zero-order valence-corrected chi connectivity index (χ0v) is 11.6. The number of hydrogen-bond donors (Lipinski definition) is 1. The predicted molar refractivity (Wildman–Crippen MR) is 71.1 cm³/mol. The molecule has 0 saturated heterocycles. The number of carbonyl (C=O) groups is 1. The first-order valence-corrected chi connectivity index (χ1v) is 6.51. The van der Waals surface area contributed by atoms with E-state index in [2.05, 4.69) is 25.8 Å². The molecule has 1 aliphatic carbocycles. The lowest BCUT2D eigenvalue weighted by atomic mass is 9.87. The number of hydrogen-bond acceptors (Lipinski definition) is 2. The fourth-order valence-electron chi connectivity index (χ4n) is 2.25. The van der Waals surface area contributed by atoms with Crippen LogP contribution in [0.2, 0.25) is 0 Å². The molecule has 1 saturated carbocycles. The fourth-order valence-corrected chi connectivity index (χ4v) is 2.25. The fraction of sp³-hybridized carbons (Fsp3) is 0.600. The molecule has 0 radical (unpaired) electrons.